The van der Waals surface area contributed by atoms with Crippen molar-refractivity contribution in [2.45, 2.75) is 6.92 Å². The highest BCUT2D eigenvalue weighted by molar-refractivity contribution is 6.27. The molecule has 7 heteroatoms. The second-order valence-electron chi connectivity index (χ2n) is 6.27. The highest BCUT2D eigenvalue weighted by Gasteiger charge is 2.15. The van der Waals surface area contributed by atoms with E-state index in [2.05, 4.69) is 72.3 Å². The number of anilines is 1. The molecule has 0 bridgehead atoms. The van der Waals surface area contributed by atoms with Gasteiger partial charge in [-0.1, -0.05) is 36.4 Å². The molecule has 0 atom stereocenters. The number of carbonyl (C=O) groups is 2. The number of likely N-dealkylation sites (N-methyl/N-ethyl adjacent to an activating group) is 1. The first-order valence-corrected chi connectivity index (χ1v) is 8.44. The molecule has 1 heterocycles. The van der Waals surface area contributed by atoms with Crippen LogP contribution in [-0.4, -0.2) is 65.8 Å². The summed E-state index contributed by atoms with van der Waals surface area (Å²) < 4.78 is 0. The SMILES string of the molecule is Cc1ccc(N2CCN(C)CC2)cc1-c1ccccc1.O.O=C(O)C(=O)O. The molecular weight excluding hydrogens is 348 g/mol. The molecule has 146 valence electrons. The fourth-order valence-corrected chi connectivity index (χ4v) is 2.80. The van der Waals surface area contributed by atoms with E-state index in [9.17, 15) is 0 Å². The third kappa shape index (κ3) is 6.40. The Morgan fingerprint density at radius 1 is 0.889 bits per heavy atom. The molecule has 1 aliphatic heterocycles. The van der Waals surface area contributed by atoms with E-state index in [1.54, 1.807) is 0 Å². The van der Waals surface area contributed by atoms with Crippen LogP contribution < -0.4 is 4.90 Å². The zero-order valence-electron chi connectivity index (χ0n) is 15.6. The van der Waals surface area contributed by atoms with E-state index >= 15 is 0 Å². The smallest absolute Gasteiger partial charge is 0.414 e. The van der Waals surface area contributed by atoms with Gasteiger partial charge in [-0.3, -0.25) is 0 Å². The largest absolute Gasteiger partial charge is 0.473 e. The summed E-state index contributed by atoms with van der Waals surface area (Å²) in [6.45, 7) is 6.72. The van der Waals surface area contributed by atoms with Gasteiger partial charge in [-0.25, -0.2) is 9.59 Å². The van der Waals surface area contributed by atoms with Crippen molar-refractivity contribution in [3.63, 3.8) is 0 Å². The predicted molar refractivity (Wildman–Crippen MR) is 105 cm³/mol. The number of carboxylic acid groups (broad SMARTS) is 2. The third-order valence-electron chi connectivity index (χ3n) is 4.36. The van der Waals surface area contributed by atoms with Gasteiger partial charge in [-0.15, -0.1) is 0 Å². The number of benzene rings is 2. The minimum Gasteiger partial charge on any atom is -0.473 e. The van der Waals surface area contributed by atoms with Crippen molar-refractivity contribution >= 4 is 17.6 Å². The van der Waals surface area contributed by atoms with E-state index in [4.69, 9.17) is 19.8 Å². The lowest BCUT2D eigenvalue weighted by molar-refractivity contribution is -0.159. The molecule has 7 nitrogen and oxygen atoms in total. The predicted octanol–water partition coefficient (Wildman–Crippen LogP) is 1.74. The van der Waals surface area contributed by atoms with Gasteiger partial charge < -0.3 is 25.5 Å². The van der Waals surface area contributed by atoms with Crippen molar-refractivity contribution in [2.24, 2.45) is 0 Å². The molecule has 4 N–H and O–H groups in total. The third-order valence-corrected chi connectivity index (χ3v) is 4.36. The summed E-state index contributed by atoms with van der Waals surface area (Å²) in [4.78, 5) is 23.1. The number of aryl methyl sites for hydroxylation is 1. The zero-order chi connectivity index (χ0) is 19.1. The molecule has 2 aromatic carbocycles. The Kier molecular flexibility index (Phi) is 8.44. The highest BCUT2D eigenvalue weighted by Crippen LogP contribution is 2.28. The Morgan fingerprint density at radius 2 is 1.44 bits per heavy atom. The molecule has 3 rings (SSSR count). The van der Waals surface area contributed by atoms with Gasteiger partial charge in [-0.05, 0) is 42.8 Å². The number of hydrogen-bond acceptors (Lipinski definition) is 4. The van der Waals surface area contributed by atoms with Crippen LogP contribution in [0.3, 0.4) is 0 Å². The number of aliphatic carboxylic acids is 2. The lowest BCUT2D eigenvalue weighted by Crippen LogP contribution is -2.44. The van der Waals surface area contributed by atoms with Crippen LogP contribution in [0.4, 0.5) is 5.69 Å². The molecule has 0 unspecified atom stereocenters. The van der Waals surface area contributed by atoms with Crippen LogP contribution in [-0.2, 0) is 9.59 Å². The maximum atomic E-state index is 9.10. The number of nitrogens with zero attached hydrogens (tertiary/aromatic N) is 2. The summed E-state index contributed by atoms with van der Waals surface area (Å²) in [5, 5.41) is 14.8. The summed E-state index contributed by atoms with van der Waals surface area (Å²) in [6, 6.07) is 17.5. The van der Waals surface area contributed by atoms with E-state index < -0.39 is 11.9 Å². The zero-order valence-corrected chi connectivity index (χ0v) is 15.6. The Labute approximate surface area is 158 Å². The van der Waals surface area contributed by atoms with Gasteiger partial charge in [0.2, 0.25) is 0 Å². The number of carboxylic acids is 2. The summed E-state index contributed by atoms with van der Waals surface area (Å²) in [7, 11) is 2.20. The quantitative estimate of drug-likeness (QED) is 0.775. The lowest BCUT2D eigenvalue weighted by Gasteiger charge is -2.34. The molecule has 0 radical (unpaired) electrons. The van der Waals surface area contributed by atoms with Gasteiger partial charge in [0.05, 0.1) is 0 Å². The van der Waals surface area contributed by atoms with Crippen molar-refractivity contribution < 1.29 is 25.3 Å². The Morgan fingerprint density at radius 3 is 1.96 bits per heavy atom. The average Bonchev–Trinajstić information content (AvgIpc) is 2.64. The van der Waals surface area contributed by atoms with Gasteiger partial charge in [0.25, 0.3) is 0 Å². The molecule has 0 spiro atoms. The van der Waals surface area contributed by atoms with Crippen molar-refractivity contribution in [2.75, 3.05) is 38.1 Å². The van der Waals surface area contributed by atoms with E-state index in [1.807, 2.05) is 0 Å². The van der Waals surface area contributed by atoms with Crippen molar-refractivity contribution in [3.8, 4) is 11.1 Å². The molecule has 0 aromatic heterocycles. The molecule has 0 aliphatic carbocycles. The summed E-state index contributed by atoms with van der Waals surface area (Å²) >= 11 is 0. The van der Waals surface area contributed by atoms with E-state index in [1.165, 1.54) is 22.4 Å². The van der Waals surface area contributed by atoms with Crippen molar-refractivity contribution in [1.29, 1.82) is 0 Å². The minimum atomic E-state index is -1.82. The van der Waals surface area contributed by atoms with Crippen LogP contribution >= 0.6 is 0 Å². The summed E-state index contributed by atoms with van der Waals surface area (Å²) in [6.07, 6.45) is 0. The minimum absolute atomic E-state index is 0. The molecule has 1 fully saturated rings. The van der Waals surface area contributed by atoms with Crippen LogP contribution in [0.25, 0.3) is 11.1 Å². The summed E-state index contributed by atoms with van der Waals surface area (Å²) in [5.74, 6) is -3.65. The first kappa shape index (κ1) is 22.1. The molecule has 27 heavy (non-hydrogen) atoms. The second-order valence-corrected chi connectivity index (χ2v) is 6.27. The number of rotatable bonds is 2. The highest BCUT2D eigenvalue weighted by atomic mass is 16.4. The second kappa shape index (κ2) is 10.3. The topological polar surface area (TPSA) is 113 Å². The van der Waals surface area contributed by atoms with Crippen molar-refractivity contribution in [3.05, 3.63) is 54.1 Å². The number of hydrogen-bond donors (Lipinski definition) is 2. The Hall–Kier alpha value is -2.90. The monoisotopic (exact) mass is 374 g/mol. The van der Waals surface area contributed by atoms with Gasteiger partial charge in [0.15, 0.2) is 0 Å². The normalized spacial score (nSPS) is 13.8. The van der Waals surface area contributed by atoms with E-state index in [0.29, 0.717) is 0 Å². The van der Waals surface area contributed by atoms with Gasteiger partial charge in [0.1, 0.15) is 0 Å². The molecule has 0 amide bonds. The Bertz CT molecular complexity index is 744. The number of piperazine rings is 1. The van der Waals surface area contributed by atoms with Crippen LogP contribution in [0.2, 0.25) is 0 Å². The molecule has 1 aliphatic rings. The maximum Gasteiger partial charge on any atom is 0.414 e. The van der Waals surface area contributed by atoms with Crippen LogP contribution in [0.1, 0.15) is 5.56 Å². The first-order valence-electron chi connectivity index (χ1n) is 8.44. The molecular formula is C20H26N2O5. The molecule has 1 saturated heterocycles. The van der Waals surface area contributed by atoms with Crippen molar-refractivity contribution in [1.82, 2.24) is 4.90 Å². The van der Waals surface area contributed by atoms with Gasteiger partial charge >= 0.3 is 11.9 Å². The van der Waals surface area contributed by atoms with Crippen LogP contribution in [0.5, 0.6) is 0 Å². The fourth-order valence-electron chi connectivity index (χ4n) is 2.80. The average molecular weight is 374 g/mol. The lowest BCUT2D eigenvalue weighted by atomic mass is 9.99. The fraction of sp³-hybridized carbons (Fsp3) is 0.300. The Balaban J connectivity index is 0.000000456. The van der Waals surface area contributed by atoms with Gasteiger partial charge in [0, 0.05) is 31.9 Å². The van der Waals surface area contributed by atoms with Gasteiger partial charge in [-0.2, -0.15) is 0 Å². The molecule has 0 saturated carbocycles. The van der Waals surface area contributed by atoms with E-state index in [-0.39, 0.29) is 5.48 Å². The summed E-state index contributed by atoms with van der Waals surface area (Å²) in [5.41, 5.74) is 5.35. The van der Waals surface area contributed by atoms with Crippen LogP contribution in [0, 0.1) is 6.92 Å². The standard InChI is InChI=1S/C18H22N2.C2H2O4.H2O/c1-15-8-9-17(20-12-10-19(2)11-13-20)14-18(15)16-6-4-3-5-7-16;3-1(4)2(5)6;/h3-9,14H,10-13H2,1-2H3;(H,3,4)(H,5,6);1H2. The first-order chi connectivity index (χ1) is 12.4. The van der Waals surface area contributed by atoms with E-state index in [0.717, 1.165) is 26.2 Å². The van der Waals surface area contributed by atoms with Crippen LogP contribution in [0.15, 0.2) is 48.5 Å². The molecule has 2 aromatic rings. The maximum absolute atomic E-state index is 9.10.